The van der Waals surface area contributed by atoms with Crippen LogP contribution in [0.2, 0.25) is 0 Å². The topological polar surface area (TPSA) is 81.0 Å². The maximum absolute atomic E-state index is 10.9. The smallest absolute Gasteiger partial charge is 0.310 e. The second kappa shape index (κ2) is 6.88. The fraction of sp³-hybridized carbons (Fsp3) is 0.400. The number of aromatic amines is 1. The van der Waals surface area contributed by atoms with Gasteiger partial charge in [-0.15, -0.1) is 0 Å². The fourth-order valence-corrected chi connectivity index (χ4v) is 2.26. The van der Waals surface area contributed by atoms with Crippen molar-refractivity contribution in [3.63, 3.8) is 0 Å². The molecular weight excluding hydrogens is 270 g/mol. The zero-order valence-corrected chi connectivity index (χ0v) is 12.3. The van der Waals surface area contributed by atoms with Crippen molar-refractivity contribution in [1.29, 1.82) is 0 Å². The Labute approximate surface area is 123 Å². The summed E-state index contributed by atoms with van der Waals surface area (Å²) in [6.07, 6.45) is 2.74. The highest BCUT2D eigenvalue weighted by Gasteiger charge is 2.13. The second-order valence-corrected chi connectivity index (χ2v) is 4.94. The molecule has 0 unspecified atom stereocenters. The predicted molar refractivity (Wildman–Crippen MR) is 79.6 cm³/mol. The first-order valence-electron chi connectivity index (χ1n) is 6.96. The lowest BCUT2D eigenvalue weighted by Gasteiger charge is -2.06. The van der Waals surface area contributed by atoms with Crippen LogP contribution in [0.3, 0.4) is 0 Å². The number of nitro benzene ring substituents is 1. The molecule has 0 saturated heterocycles. The zero-order valence-electron chi connectivity index (χ0n) is 12.3. The number of hydrogen-bond acceptors (Lipinski definition) is 4. The number of benzene rings is 1. The van der Waals surface area contributed by atoms with E-state index in [4.69, 9.17) is 4.74 Å². The van der Waals surface area contributed by atoms with Crippen LogP contribution in [0.25, 0.3) is 0 Å². The van der Waals surface area contributed by atoms with Crippen molar-refractivity contribution in [1.82, 2.24) is 10.2 Å². The third-order valence-corrected chi connectivity index (χ3v) is 3.42. The largest absolute Gasteiger partial charge is 0.487 e. The minimum absolute atomic E-state index is 0.0130. The van der Waals surface area contributed by atoms with Gasteiger partial charge in [0.05, 0.1) is 17.2 Å². The van der Waals surface area contributed by atoms with Crippen molar-refractivity contribution < 1.29 is 9.66 Å². The Kier molecular flexibility index (Phi) is 4.92. The van der Waals surface area contributed by atoms with E-state index in [1.807, 2.05) is 13.8 Å². The number of rotatable bonds is 7. The van der Waals surface area contributed by atoms with E-state index in [9.17, 15) is 10.1 Å². The third-order valence-electron chi connectivity index (χ3n) is 3.42. The van der Waals surface area contributed by atoms with Crippen molar-refractivity contribution in [2.24, 2.45) is 0 Å². The van der Waals surface area contributed by atoms with E-state index in [2.05, 4.69) is 10.2 Å². The molecule has 0 amide bonds. The van der Waals surface area contributed by atoms with Gasteiger partial charge in [0.15, 0.2) is 5.75 Å². The average molecular weight is 289 g/mol. The summed E-state index contributed by atoms with van der Waals surface area (Å²) in [6.45, 7) is 4.47. The van der Waals surface area contributed by atoms with Gasteiger partial charge in [0, 0.05) is 11.8 Å². The van der Waals surface area contributed by atoms with Crippen LogP contribution in [0.5, 0.6) is 5.75 Å². The molecule has 0 aliphatic carbocycles. The molecule has 0 aliphatic heterocycles. The normalized spacial score (nSPS) is 10.6. The van der Waals surface area contributed by atoms with Crippen LogP contribution >= 0.6 is 0 Å². The van der Waals surface area contributed by atoms with Gasteiger partial charge in [0.25, 0.3) is 0 Å². The fourth-order valence-electron chi connectivity index (χ4n) is 2.26. The highest BCUT2D eigenvalue weighted by molar-refractivity contribution is 5.45. The molecule has 2 rings (SSSR count). The summed E-state index contributed by atoms with van der Waals surface area (Å²) in [5, 5.41) is 18.0. The molecule has 0 spiro atoms. The number of aromatic nitrogens is 2. The summed E-state index contributed by atoms with van der Waals surface area (Å²) in [4.78, 5) is 10.4. The van der Waals surface area contributed by atoms with E-state index in [-0.39, 0.29) is 5.69 Å². The Hall–Kier alpha value is -2.37. The lowest BCUT2D eigenvalue weighted by molar-refractivity contribution is -0.385. The maximum atomic E-state index is 10.9. The number of para-hydroxylation sites is 2. The number of nitrogens with one attached hydrogen (secondary N) is 1. The molecule has 6 nitrogen and oxygen atoms in total. The second-order valence-electron chi connectivity index (χ2n) is 4.94. The number of hydrogen-bond donors (Lipinski definition) is 1. The summed E-state index contributed by atoms with van der Waals surface area (Å²) >= 11 is 0. The maximum Gasteiger partial charge on any atom is 0.310 e. The molecule has 1 aromatic heterocycles. The van der Waals surface area contributed by atoms with Crippen LogP contribution in [-0.4, -0.2) is 21.7 Å². The number of ether oxygens (including phenoxy) is 1. The summed E-state index contributed by atoms with van der Waals surface area (Å²) in [7, 11) is 0. The summed E-state index contributed by atoms with van der Waals surface area (Å²) < 4.78 is 5.51. The Balaban J connectivity index is 1.79. The zero-order chi connectivity index (χ0) is 15.2. The van der Waals surface area contributed by atoms with Crippen LogP contribution < -0.4 is 4.74 Å². The first kappa shape index (κ1) is 15.0. The van der Waals surface area contributed by atoms with Crippen molar-refractivity contribution in [3.8, 4) is 5.75 Å². The molecule has 0 saturated carbocycles. The van der Waals surface area contributed by atoms with E-state index >= 15 is 0 Å². The number of H-pyrrole nitrogens is 1. The highest BCUT2D eigenvalue weighted by atomic mass is 16.6. The lowest BCUT2D eigenvalue weighted by Crippen LogP contribution is -2.01. The summed E-state index contributed by atoms with van der Waals surface area (Å²) in [5.74, 6) is 0.332. The molecule has 0 aliphatic rings. The van der Waals surface area contributed by atoms with E-state index < -0.39 is 4.92 Å². The summed E-state index contributed by atoms with van der Waals surface area (Å²) in [5.41, 5.74) is 3.40. The lowest BCUT2D eigenvalue weighted by atomic mass is 10.1. The SMILES string of the molecule is Cc1n[nH]c(C)c1CCCCOc1ccccc1[N+](=O)[O-]. The molecule has 21 heavy (non-hydrogen) atoms. The molecule has 2 aromatic rings. The van der Waals surface area contributed by atoms with Gasteiger partial charge in [-0.1, -0.05) is 12.1 Å². The standard InChI is InChI=1S/C15H19N3O3/c1-11-13(12(2)17-16-11)7-5-6-10-21-15-9-4-3-8-14(15)18(19)20/h3-4,8-9H,5-7,10H2,1-2H3,(H,16,17). The van der Waals surface area contributed by atoms with Gasteiger partial charge >= 0.3 is 5.69 Å². The van der Waals surface area contributed by atoms with Gasteiger partial charge in [-0.25, -0.2) is 0 Å². The molecule has 0 bridgehead atoms. The van der Waals surface area contributed by atoms with E-state index in [1.54, 1.807) is 18.2 Å². The number of nitro groups is 1. The third kappa shape index (κ3) is 3.81. The number of unbranched alkanes of at least 4 members (excludes halogenated alkanes) is 1. The molecule has 1 heterocycles. The minimum atomic E-state index is -0.423. The van der Waals surface area contributed by atoms with Gasteiger partial charge in [-0.05, 0) is 44.7 Å². The van der Waals surface area contributed by atoms with E-state index in [0.717, 1.165) is 30.7 Å². The molecule has 0 atom stereocenters. The first-order chi connectivity index (χ1) is 10.1. The number of aryl methyl sites for hydroxylation is 2. The molecule has 0 fully saturated rings. The van der Waals surface area contributed by atoms with Crippen LogP contribution in [0.15, 0.2) is 24.3 Å². The van der Waals surface area contributed by atoms with Crippen LogP contribution in [-0.2, 0) is 6.42 Å². The van der Waals surface area contributed by atoms with Crippen molar-refractivity contribution >= 4 is 5.69 Å². The Morgan fingerprint density at radius 2 is 2.05 bits per heavy atom. The summed E-state index contributed by atoms with van der Waals surface area (Å²) in [6, 6.07) is 6.45. The Morgan fingerprint density at radius 1 is 1.29 bits per heavy atom. The Morgan fingerprint density at radius 3 is 2.71 bits per heavy atom. The molecule has 1 aromatic carbocycles. The first-order valence-corrected chi connectivity index (χ1v) is 6.96. The van der Waals surface area contributed by atoms with Gasteiger partial charge in [-0.2, -0.15) is 5.10 Å². The van der Waals surface area contributed by atoms with Crippen molar-refractivity contribution in [2.75, 3.05) is 6.61 Å². The molecule has 0 radical (unpaired) electrons. The van der Waals surface area contributed by atoms with Crippen LogP contribution in [0.4, 0.5) is 5.69 Å². The van der Waals surface area contributed by atoms with E-state index in [1.165, 1.54) is 11.6 Å². The monoisotopic (exact) mass is 289 g/mol. The quantitative estimate of drug-likeness (QED) is 0.481. The highest BCUT2D eigenvalue weighted by Crippen LogP contribution is 2.26. The molecule has 1 N–H and O–H groups in total. The van der Waals surface area contributed by atoms with Crippen LogP contribution in [0.1, 0.15) is 29.8 Å². The Bertz CT molecular complexity index is 603. The number of nitrogens with zero attached hydrogens (tertiary/aromatic N) is 2. The van der Waals surface area contributed by atoms with Gasteiger partial charge < -0.3 is 4.74 Å². The van der Waals surface area contributed by atoms with Crippen molar-refractivity contribution in [2.45, 2.75) is 33.1 Å². The molecule has 112 valence electrons. The minimum Gasteiger partial charge on any atom is -0.487 e. The van der Waals surface area contributed by atoms with Crippen LogP contribution in [0, 0.1) is 24.0 Å². The van der Waals surface area contributed by atoms with E-state index in [0.29, 0.717) is 12.4 Å². The predicted octanol–water partition coefficient (Wildman–Crippen LogP) is 3.34. The molecule has 6 heteroatoms. The van der Waals surface area contributed by atoms with Gasteiger partial charge in [0.1, 0.15) is 0 Å². The average Bonchev–Trinajstić information content (AvgIpc) is 2.78. The van der Waals surface area contributed by atoms with Crippen molar-refractivity contribution in [3.05, 3.63) is 51.3 Å². The van der Waals surface area contributed by atoms with Gasteiger partial charge in [0.2, 0.25) is 0 Å². The molecular formula is C15H19N3O3. The van der Waals surface area contributed by atoms with Gasteiger partial charge in [-0.3, -0.25) is 15.2 Å².